The standard InChI is InChI=1S/C18H19F2N3O2S/c1-9(11-6-5-10(19)7-13(11)20)22-8-15(24)23-18-16(17(21)25)12-3-2-4-14(12)26-18/h5-7,9,22H,2-4,8H2,1H3,(H2,21,25)(H,23,24)/t9-/m0/s1. The first-order chi connectivity index (χ1) is 12.4. The maximum Gasteiger partial charge on any atom is 0.251 e. The Kier molecular flexibility index (Phi) is 5.33. The molecule has 1 aliphatic rings. The fraction of sp³-hybridized carbons (Fsp3) is 0.333. The Bertz CT molecular complexity index is 866. The van der Waals surface area contributed by atoms with Crippen LogP contribution in [0, 0.1) is 11.6 Å². The molecule has 26 heavy (non-hydrogen) atoms. The third-order valence-corrected chi connectivity index (χ3v) is 5.63. The van der Waals surface area contributed by atoms with E-state index in [0.717, 1.165) is 35.8 Å². The zero-order valence-electron chi connectivity index (χ0n) is 14.2. The molecule has 1 heterocycles. The van der Waals surface area contributed by atoms with E-state index in [0.29, 0.717) is 10.6 Å². The Hall–Kier alpha value is -2.32. The zero-order chi connectivity index (χ0) is 18.8. The largest absolute Gasteiger partial charge is 0.365 e. The Morgan fingerprint density at radius 1 is 1.31 bits per heavy atom. The molecule has 4 N–H and O–H groups in total. The number of nitrogens with two attached hydrogens (primary N) is 1. The van der Waals surface area contributed by atoms with E-state index in [1.807, 2.05) is 0 Å². The Labute approximate surface area is 153 Å². The molecule has 1 aromatic carbocycles. The fourth-order valence-corrected chi connectivity index (χ4v) is 4.44. The summed E-state index contributed by atoms with van der Waals surface area (Å²) < 4.78 is 26.8. The van der Waals surface area contributed by atoms with Gasteiger partial charge < -0.3 is 16.4 Å². The minimum Gasteiger partial charge on any atom is -0.365 e. The highest BCUT2D eigenvalue weighted by Gasteiger charge is 2.26. The summed E-state index contributed by atoms with van der Waals surface area (Å²) in [5, 5.41) is 6.07. The average Bonchev–Trinajstić information content (AvgIpc) is 3.12. The van der Waals surface area contributed by atoms with Gasteiger partial charge in [0.15, 0.2) is 0 Å². The molecule has 1 aromatic heterocycles. The molecule has 2 aromatic rings. The van der Waals surface area contributed by atoms with Crippen molar-refractivity contribution in [3.05, 3.63) is 51.4 Å². The van der Waals surface area contributed by atoms with E-state index >= 15 is 0 Å². The molecule has 0 bridgehead atoms. The summed E-state index contributed by atoms with van der Waals surface area (Å²) in [6.07, 6.45) is 2.66. The molecule has 138 valence electrons. The van der Waals surface area contributed by atoms with Gasteiger partial charge in [-0.2, -0.15) is 0 Å². The number of carbonyl (C=O) groups is 2. The maximum atomic E-state index is 13.8. The Morgan fingerprint density at radius 2 is 2.08 bits per heavy atom. The van der Waals surface area contributed by atoms with Crippen molar-refractivity contribution in [2.75, 3.05) is 11.9 Å². The van der Waals surface area contributed by atoms with Crippen LogP contribution in [-0.2, 0) is 17.6 Å². The summed E-state index contributed by atoms with van der Waals surface area (Å²) in [5.74, 6) is -2.23. The summed E-state index contributed by atoms with van der Waals surface area (Å²) >= 11 is 1.38. The lowest BCUT2D eigenvalue weighted by molar-refractivity contribution is -0.115. The molecule has 0 saturated heterocycles. The lowest BCUT2D eigenvalue weighted by atomic mass is 10.1. The van der Waals surface area contributed by atoms with E-state index in [2.05, 4.69) is 10.6 Å². The van der Waals surface area contributed by atoms with Crippen LogP contribution in [0.4, 0.5) is 13.8 Å². The van der Waals surface area contributed by atoms with Crippen LogP contribution in [0.2, 0.25) is 0 Å². The van der Waals surface area contributed by atoms with Crippen molar-refractivity contribution in [2.45, 2.75) is 32.2 Å². The number of thiophene rings is 1. The van der Waals surface area contributed by atoms with Gasteiger partial charge in [-0.1, -0.05) is 6.07 Å². The summed E-state index contributed by atoms with van der Waals surface area (Å²) in [6.45, 7) is 1.59. The van der Waals surface area contributed by atoms with Crippen LogP contribution in [0.3, 0.4) is 0 Å². The molecule has 0 unspecified atom stereocenters. The van der Waals surface area contributed by atoms with E-state index in [9.17, 15) is 18.4 Å². The molecule has 1 atom stereocenters. The quantitative estimate of drug-likeness (QED) is 0.722. The molecule has 5 nitrogen and oxygen atoms in total. The number of hydrogen-bond acceptors (Lipinski definition) is 4. The molecule has 0 saturated carbocycles. The van der Waals surface area contributed by atoms with Crippen LogP contribution in [0.15, 0.2) is 18.2 Å². The van der Waals surface area contributed by atoms with Crippen LogP contribution >= 0.6 is 11.3 Å². The minimum absolute atomic E-state index is 0.0846. The molecule has 8 heteroatoms. The first-order valence-corrected chi connectivity index (χ1v) is 9.11. The van der Waals surface area contributed by atoms with Gasteiger partial charge in [0, 0.05) is 22.5 Å². The highest BCUT2D eigenvalue weighted by Crippen LogP contribution is 2.38. The van der Waals surface area contributed by atoms with E-state index in [-0.39, 0.29) is 18.0 Å². The lowest BCUT2D eigenvalue weighted by Gasteiger charge is -2.15. The molecule has 0 aliphatic heterocycles. The number of benzene rings is 1. The van der Waals surface area contributed by atoms with E-state index < -0.39 is 23.6 Å². The molecular weight excluding hydrogens is 360 g/mol. The zero-order valence-corrected chi connectivity index (χ0v) is 15.0. The molecule has 3 rings (SSSR count). The second kappa shape index (κ2) is 7.51. The van der Waals surface area contributed by atoms with Gasteiger partial charge in [-0.25, -0.2) is 8.78 Å². The van der Waals surface area contributed by atoms with Crippen LogP contribution < -0.4 is 16.4 Å². The molecule has 0 radical (unpaired) electrons. The molecular formula is C18H19F2N3O2S. The van der Waals surface area contributed by atoms with Gasteiger partial charge in [0.25, 0.3) is 5.91 Å². The van der Waals surface area contributed by atoms with Crippen LogP contribution in [-0.4, -0.2) is 18.4 Å². The SMILES string of the molecule is C[C@H](NCC(=O)Nc1sc2c(c1C(N)=O)CCC2)c1ccc(F)cc1F. The number of aryl methyl sites for hydroxylation is 1. The number of nitrogens with one attached hydrogen (secondary N) is 2. The van der Waals surface area contributed by atoms with Crippen molar-refractivity contribution in [2.24, 2.45) is 5.73 Å². The van der Waals surface area contributed by atoms with Gasteiger partial charge in [0.2, 0.25) is 5.91 Å². The fourth-order valence-electron chi connectivity index (χ4n) is 3.13. The third kappa shape index (κ3) is 3.76. The normalized spacial score (nSPS) is 14.1. The minimum atomic E-state index is -0.670. The number of hydrogen-bond donors (Lipinski definition) is 3. The van der Waals surface area contributed by atoms with Gasteiger partial charge in [-0.05, 0) is 37.8 Å². The number of rotatable bonds is 6. The second-order valence-corrected chi connectivity index (χ2v) is 7.35. The topological polar surface area (TPSA) is 84.2 Å². The summed E-state index contributed by atoms with van der Waals surface area (Å²) in [7, 11) is 0. The van der Waals surface area contributed by atoms with Gasteiger partial charge in [-0.15, -0.1) is 11.3 Å². The summed E-state index contributed by atoms with van der Waals surface area (Å²) in [5.41, 5.74) is 7.07. The van der Waals surface area contributed by atoms with Crippen molar-refractivity contribution >= 4 is 28.2 Å². The van der Waals surface area contributed by atoms with Crippen molar-refractivity contribution < 1.29 is 18.4 Å². The summed E-state index contributed by atoms with van der Waals surface area (Å²) in [6, 6.07) is 2.84. The third-order valence-electron chi connectivity index (χ3n) is 4.42. The van der Waals surface area contributed by atoms with Gasteiger partial charge in [0.1, 0.15) is 16.6 Å². The highest BCUT2D eigenvalue weighted by atomic mass is 32.1. The first-order valence-electron chi connectivity index (χ1n) is 8.29. The number of primary amides is 1. The number of anilines is 1. The predicted octanol–water partition coefficient (Wildman–Crippen LogP) is 2.90. The number of fused-ring (bicyclic) bond motifs is 1. The Balaban J connectivity index is 1.64. The molecule has 1 aliphatic carbocycles. The van der Waals surface area contributed by atoms with Crippen molar-refractivity contribution in [1.29, 1.82) is 0 Å². The average molecular weight is 379 g/mol. The number of halogens is 2. The number of amides is 2. The van der Waals surface area contributed by atoms with E-state index in [1.54, 1.807) is 6.92 Å². The van der Waals surface area contributed by atoms with Gasteiger partial charge in [-0.3, -0.25) is 9.59 Å². The van der Waals surface area contributed by atoms with Crippen molar-refractivity contribution in [3.63, 3.8) is 0 Å². The molecule has 0 spiro atoms. The maximum absolute atomic E-state index is 13.8. The lowest BCUT2D eigenvalue weighted by Crippen LogP contribution is -2.31. The van der Waals surface area contributed by atoms with Crippen LogP contribution in [0.1, 0.15) is 45.7 Å². The molecule has 2 amide bonds. The number of carbonyl (C=O) groups excluding carboxylic acids is 2. The van der Waals surface area contributed by atoms with Crippen LogP contribution in [0.25, 0.3) is 0 Å². The first kappa shape index (κ1) is 18.5. The van der Waals surface area contributed by atoms with Crippen molar-refractivity contribution in [1.82, 2.24) is 5.32 Å². The smallest absolute Gasteiger partial charge is 0.251 e. The molecule has 0 fully saturated rings. The second-order valence-electron chi connectivity index (χ2n) is 6.24. The van der Waals surface area contributed by atoms with E-state index in [1.165, 1.54) is 23.5 Å². The van der Waals surface area contributed by atoms with Gasteiger partial charge in [0.05, 0.1) is 12.1 Å². The van der Waals surface area contributed by atoms with E-state index in [4.69, 9.17) is 5.73 Å². The Morgan fingerprint density at radius 3 is 2.77 bits per heavy atom. The highest BCUT2D eigenvalue weighted by molar-refractivity contribution is 7.17. The van der Waals surface area contributed by atoms with Gasteiger partial charge >= 0.3 is 0 Å². The predicted molar refractivity (Wildman–Crippen MR) is 96.3 cm³/mol. The summed E-state index contributed by atoms with van der Waals surface area (Å²) in [4.78, 5) is 25.0. The van der Waals surface area contributed by atoms with Crippen LogP contribution in [0.5, 0.6) is 0 Å². The monoisotopic (exact) mass is 379 g/mol. The van der Waals surface area contributed by atoms with Crippen molar-refractivity contribution in [3.8, 4) is 0 Å².